The number of nitrogens with zero attached hydrogens (tertiary/aromatic N) is 4. The fraction of sp³-hybridized carbons (Fsp3) is 0. The number of rotatable bonds is 6. The minimum absolute atomic E-state index is 0.713. The smallest absolute Gasteiger partial charge is 0.160 e. The van der Waals surface area contributed by atoms with Crippen molar-refractivity contribution < 1.29 is 0 Å². The van der Waals surface area contributed by atoms with Crippen molar-refractivity contribution >= 4 is 27.6 Å². The molecule has 0 aliphatic rings. The molecule has 3 heterocycles. The average molecular weight is 665 g/mol. The van der Waals surface area contributed by atoms with Crippen molar-refractivity contribution in [3.05, 3.63) is 194 Å². The summed E-state index contributed by atoms with van der Waals surface area (Å²) < 4.78 is 4.83. The molecule has 0 unspecified atom stereocenters. The van der Waals surface area contributed by atoms with E-state index in [1.54, 1.807) is 0 Å². The highest BCUT2D eigenvalue weighted by Crippen LogP contribution is 2.41. The van der Waals surface area contributed by atoms with Crippen LogP contribution >= 0.6 is 0 Å². The summed E-state index contributed by atoms with van der Waals surface area (Å²) >= 11 is 0. The molecule has 0 atom stereocenters. The topological polar surface area (TPSA) is 35.1 Å². The maximum absolute atomic E-state index is 5.07. The number of hydrogen-bond acceptors (Lipinski definition) is 2. The van der Waals surface area contributed by atoms with E-state index in [1.165, 1.54) is 33.1 Å². The maximum Gasteiger partial charge on any atom is 0.160 e. The van der Waals surface area contributed by atoms with Crippen LogP contribution in [0.3, 0.4) is 0 Å². The fourth-order valence-electron chi connectivity index (χ4n) is 7.52. The van der Waals surface area contributed by atoms with Crippen molar-refractivity contribution in [1.29, 1.82) is 0 Å². The van der Waals surface area contributed by atoms with Crippen LogP contribution in [-0.4, -0.2) is 18.9 Å². The Morgan fingerprint density at radius 3 is 1.60 bits per heavy atom. The first kappa shape index (κ1) is 29.8. The lowest BCUT2D eigenvalue weighted by Crippen LogP contribution is -1.96. The number of aromatic nitrogens is 4. The highest BCUT2D eigenvalue weighted by Gasteiger charge is 2.22. The Hall–Kier alpha value is -7.04. The summed E-state index contributed by atoms with van der Waals surface area (Å²) in [5.41, 5.74) is 15.4. The minimum atomic E-state index is 0.713. The zero-order valence-corrected chi connectivity index (χ0v) is 28.3. The van der Waals surface area contributed by atoms with Gasteiger partial charge in [0.05, 0.1) is 27.9 Å². The van der Waals surface area contributed by atoms with Crippen molar-refractivity contribution in [3.8, 4) is 61.8 Å². The van der Waals surface area contributed by atoms with E-state index in [0.717, 1.165) is 50.5 Å². The molecule has 3 aromatic heterocycles. The van der Waals surface area contributed by atoms with E-state index in [4.69, 9.17) is 9.97 Å². The van der Waals surface area contributed by atoms with Gasteiger partial charge in [-0.25, -0.2) is 9.97 Å². The van der Waals surface area contributed by atoms with Gasteiger partial charge in [-0.15, -0.1) is 0 Å². The molecule has 0 amide bonds. The summed E-state index contributed by atoms with van der Waals surface area (Å²) in [7, 11) is 0. The molecule has 4 nitrogen and oxygen atoms in total. The Morgan fingerprint density at radius 2 is 0.885 bits per heavy atom. The molecular weight excluding hydrogens is 633 g/mol. The second-order valence-electron chi connectivity index (χ2n) is 13.1. The van der Waals surface area contributed by atoms with Gasteiger partial charge in [0.2, 0.25) is 0 Å². The zero-order chi connectivity index (χ0) is 34.4. The summed E-state index contributed by atoms with van der Waals surface area (Å²) in [4.78, 5) is 10.1. The molecule has 0 aliphatic carbocycles. The third kappa shape index (κ3) is 5.00. The molecule has 0 aliphatic heterocycles. The summed E-state index contributed by atoms with van der Waals surface area (Å²) in [5, 5.41) is 1.24. The summed E-state index contributed by atoms with van der Waals surface area (Å²) in [6.07, 6.45) is 0. The second-order valence-corrected chi connectivity index (χ2v) is 13.1. The van der Waals surface area contributed by atoms with E-state index >= 15 is 0 Å². The van der Waals surface area contributed by atoms with Gasteiger partial charge in [-0.2, -0.15) is 0 Å². The average Bonchev–Trinajstić information content (AvgIpc) is 3.74. The van der Waals surface area contributed by atoms with Crippen LogP contribution in [0.1, 0.15) is 0 Å². The SMILES string of the molecule is c1ccc(-c2cc(-c3cccc(-c4ccc(-n5c6ccccc6n6c7ccccc7c(-c7ccccc7)c56)cc4)c3)nc(-c3ccccc3)n2)cc1. The van der Waals surface area contributed by atoms with Crippen LogP contribution in [0.15, 0.2) is 194 Å². The Morgan fingerprint density at radius 1 is 0.346 bits per heavy atom. The van der Waals surface area contributed by atoms with Gasteiger partial charge in [0, 0.05) is 33.3 Å². The van der Waals surface area contributed by atoms with Crippen LogP contribution in [0, 0.1) is 0 Å². The van der Waals surface area contributed by atoms with Gasteiger partial charge in [0.25, 0.3) is 0 Å². The zero-order valence-electron chi connectivity index (χ0n) is 28.3. The van der Waals surface area contributed by atoms with Gasteiger partial charge in [-0.1, -0.05) is 152 Å². The molecule has 0 bridgehead atoms. The Labute approximate surface area is 301 Å². The van der Waals surface area contributed by atoms with Crippen molar-refractivity contribution in [3.63, 3.8) is 0 Å². The Bertz CT molecular complexity index is 2810. The lowest BCUT2D eigenvalue weighted by atomic mass is 10.00. The molecular formula is C48H32N4. The van der Waals surface area contributed by atoms with Crippen molar-refractivity contribution in [2.45, 2.75) is 0 Å². The lowest BCUT2D eigenvalue weighted by Gasteiger charge is -2.12. The summed E-state index contributed by atoms with van der Waals surface area (Å²) in [5.74, 6) is 0.713. The molecule has 4 heteroatoms. The van der Waals surface area contributed by atoms with Gasteiger partial charge in [0.15, 0.2) is 5.82 Å². The van der Waals surface area contributed by atoms with Crippen LogP contribution < -0.4 is 0 Å². The van der Waals surface area contributed by atoms with Crippen molar-refractivity contribution in [2.24, 2.45) is 0 Å². The quantitative estimate of drug-likeness (QED) is 0.177. The monoisotopic (exact) mass is 664 g/mol. The summed E-state index contributed by atoms with van der Waals surface area (Å²) in [6, 6.07) is 68.4. The minimum Gasteiger partial charge on any atom is -0.293 e. The van der Waals surface area contributed by atoms with Crippen LogP contribution in [-0.2, 0) is 0 Å². The largest absolute Gasteiger partial charge is 0.293 e. The van der Waals surface area contributed by atoms with Crippen LogP contribution in [0.5, 0.6) is 0 Å². The van der Waals surface area contributed by atoms with E-state index in [2.05, 4.69) is 167 Å². The molecule has 0 fully saturated rings. The number of hydrogen-bond donors (Lipinski definition) is 0. The van der Waals surface area contributed by atoms with E-state index in [1.807, 2.05) is 36.4 Å². The number of benzene rings is 7. The second kappa shape index (κ2) is 12.4. The molecule has 52 heavy (non-hydrogen) atoms. The van der Waals surface area contributed by atoms with E-state index in [9.17, 15) is 0 Å². The van der Waals surface area contributed by atoms with Crippen LogP contribution in [0.25, 0.3) is 89.4 Å². The van der Waals surface area contributed by atoms with Crippen molar-refractivity contribution in [1.82, 2.24) is 18.9 Å². The third-order valence-corrected chi connectivity index (χ3v) is 9.93. The first-order valence-corrected chi connectivity index (χ1v) is 17.6. The van der Waals surface area contributed by atoms with Gasteiger partial charge in [0.1, 0.15) is 5.65 Å². The Balaban J connectivity index is 1.10. The standard InChI is InChI=1S/C48H32N4/c1-4-15-34(16-5-1)41-32-42(50-47(49-41)36-19-8-3-9-20-36)38-22-14-21-37(31-38)33-27-29-39(30-28-33)51-44-25-12-13-26-45(44)52-43-24-11-10-23-40(43)46(48(51)52)35-17-6-2-7-18-35/h1-32H. The summed E-state index contributed by atoms with van der Waals surface area (Å²) in [6.45, 7) is 0. The van der Waals surface area contributed by atoms with Crippen LogP contribution in [0.2, 0.25) is 0 Å². The first-order chi connectivity index (χ1) is 25.8. The normalized spacial score (nSPS) is 11.5. The number of fused-ring (bicyclic) bond motifs is 5. The molecule has 0 radical (unpaired) electrons. The predicted molar refractivity (Wildman–Crippen MR) is 215 cm³/mol. The third-order valence-electron chi connectivity index (χ3n) is 9.93. The molecule has 0 saturated carbocycles. The van der Waals surface area contributed by atoms with E-state index < -0.39 is 0 Å². The molecule has 0 spiro atoms. The van der Waals surface area contributed by atoms with E-state index in [0.29, 0.717) is 5.82 Å². The first-order valence-electron chi connectivity index (χ1n) is 17.6. The van der Waals surface area contributed by atoms with Gasteiger partial charge in [-0.05, 0) is 59.2 Å². The number of para-hydroxylation sites is 3. The highest BCUT2D eigenvalue weighted by atomic mass is 15.1. The molecule has 0 saturated heterocycles. The highest BCUT2D eigenvalue weighted by molar-refractivity contribution is 6.09. The van der Waals surface area contributed by atoms with Gasteiger partial charge < -0.3 is 0 Å². The fourth-order valence-corrected chi connectivity index (χ4v) is 7.52. The molecule has 10 rings (SSSR count). The van der Waals surface area contributed by atoms with Crippen molar-refractivity contribution in [2.75, 3.05) is 0 Å². The predicted octanol–water partition coefficient (Wildman–Crippen LogP) is 12.2. The molecule has 10 aromatic rings. The lowest BCUT2D eigenvalue weighted by molar-refractivity contribution is 1.15. The van der Waals surface area contributed by atoms with Gasteiger partial charge in [-0.3, -0.25) is 8.97 Å². The molecule has 244 valence electrons. The molecule has 7 aromatic carbocycles. The van der Waals surface area contributed by atoms with Gasteiger partial charge >= 0.3 is 0 Å². The molecule has 0 N–H and O–H groups in total. The van der Waals surface area contributed by atoms with E-state index in [-0.39, 0.29) is 0 Å². The number of imidazole rings is 1. The van der Waals surface area contributed by atoms with Crippen LogP contribution in [0.4, 0.5) is 0 Å². The maximum atomic E-state index is 5.07. The Kier molecular flexibility index (Phi) is 7.10.